The van der Waals surface area contributed by atoms with Crippen molar-refractivity contribution in [2.75, 3.05) is 44.7 Å². The second kappa shape index (κ2) is 15.7. The molecule has 2 N–H and O–H groups in total. The SMILES string of the molecule is CCNCCN(C(=O)CNCC(=O)N(C)N1Cc2ccccc2C1)c1cc(-c2noc(C(F)F)n2)ccc1C.Cl.Cl. The van der Waals surface area contributed by atoms with Gasteiger partial charge in [-0.1, -0.05) is 48.5 Å². The molecule has 3 aromatic rings. The van der Waals surface area contributed by atoms with Crippen molar-refractivity contribution in [2.45, 2.75) is 33.4 Å². The van der Waals surface area contributed by atoms with E-state index in [1.54, 1.807) is 35.2 Å². The van der Waals surface area contributed by atoms with E-state index in [1.165, 1.54) is 11.1 Å². The van der Waals surface area contributed by atoms with Crippen LogP contribution >= 0.6 is 24.8 Å². The van der Waals surface area contributed by atoms with E-state index in [-0.39, 0.29) is 55.5 Å². The van der Waals surface area contributed by atoms with Crippen LogP contribution in [0.25, 0.3) is 11.4 Å². The number of aromatic nitrogens is 2. The Bertz CT molecular complexity index is 1290. The Morgan fingerprint density at radius 1 is 1.05 bits per heavy atom. The van der Waals surface area contributed by atoms with Gasteiger partial charge in [0.15, 0.2) is 0 Å². The molecule has 224 valence electrons. The number of carbonyl (C=O) groups excluding carboxylic acids is 2. The van der Waals surface area contributed by atoms with Gasteiger partial charge in [0, 0.05) is 44.5 Å². The summed E-state index contributed by atoms with van der Waals surface area (Å²) in [6.45, 7) is 6.72. The van der Waals surface area contributed by atoms with Gasteiger partial charge in [0.25, 0.3) is 11.8 Å². The number of hydrogen-bond acceptors (Lipinski definition) is 8. The zero-order valence-corrected chi connectivity index (χ0v) is 24.7. The van der Waals surface area contributed by atoms with Gasteiger partial charge in [-0.15, -0.1) is 24.8 Å². The molecule has 0 atom stereocenters. The molecule has 1 aliphatic rings. The lowest BCUT2D eigenvalue weighted by Gasteiger charge is -2.28. The summed E-state index contributed by atoms with van der Waals surface area (Å²) < 4.78 is 30.5. The molecule has 0 unspecified atom stereocenters. The Labute approximate surface area is 250 Å². The topological polar surface area (TPSA) is 107 Å². The van der Waals surface area contributed by atoms with Crippen LogP contribution in [0.3, 0.4) is 0 Å². The van der Waals surface area contributed by atoms with Crippen molar-refractivity contribution in [3.8, 4) is 11.4 Å². The predicted molar refractivity (Wildman–Crippen MR) is 156 cm³/mol. The number of benzene rings is 2. The van der Waals surface area contributed by atoms with Crippen LogP contribution in [0, 0.1) is 6.92 Å². The Kier molecular flexibility index (Phi) is 13.1. The molecule has 41 heavy (non-hydrogen) atoms. The predicted octanol–water partition coefficient (Wildman–Crippen LogP) is 3.75. The fraction of sp³-hybridized carbons (Fsp3) is 0.407. The third-order valence-electron chi connectivity index (χ3n) is 6.61. The van der Waals surface area contributed by atoms with Gasteiger partial charge >= 0.3 is 6.43 Å². The number of likely N-dealkylation sites (N-methyl/N-ethyl adjacent to an activating group) is 2. The number of aryl methyl sites for hydroxylation is 1. The zero-order valence-electron chi connectivity index (χ0n) is 23.1. The van der Waals surface area contributed by atoms with Gasteiger partial charge in [-0.2, -0.15) is 13.8 Å². The number of hydrogen-bond donors (Lipinski definition) is 2. The maximum absolute atomic E-state index is 13.3. The van der Waals surface area contributed by atoms with Crippen LogP contribution in [0.15, 0.2) is 47.0 Å². The van der Waals surface area contributed by atoms with E-state index in [1.807, 2.05) is 31.0 Å². The average Bonchev–Trinajstić information content (AvgIpc) is 3.59. The highest BCUT2D eigenvalue weighted by Crippen LogP contribution is 2.28. The minimum Gasteiger partial charge on any atom is -0.333 e. The molecule has 0 radical (unpaired) electrons. The number of fused-ring (bicyclic) bond motifs is 1. The molecule has 14 heteroatoms. The average molecular weight is 615 g/mol. The third kappa shape index (κ3) is 8.43. The first-order valence-electron chi connectivity index (χ1n) is 12.8. The van der Waals surface area contributed by atoms with Crippen LogP contribution < -0.4 is 15.5 Å². The normalized spacial score (nSPS) is 12.4. The Morgan fingerprint density at radius 2 is 1.71 bits per heavy atom. The number of halogens is 4. The van der Waals surface area contributed by atoms with Gasteiger partial charge in [0.05, 0.1) is 13.1 Å². The molecular weight excluding hydrogens is 579 g/mol. The van der Waals surface area contributed by atoms with E-state index in [4.69, 9.17) is 0 Å². The maximum Gasteiger partial charge on any atom is 0.315 e. The monoisotopic (exact) mass is 613 g/mol. The standard InChI is InChI=1S/C27H33F2N7O3.2ClH/c1-4-30-11-12-36(22-13-19(10-9-18(22)2)26-32-27(25(28)29)39-33-26)24(38)15-31-14-23(37)34(3)35-16-20-7-5-6-8-21(20)17-35;;/h5-10,13,25,30-31H,4,11-12,14-17H2,1-3H3;2*1H. The van der Waals surface area contributed by atoms with Crippen molar-refractivity contribution < 1.29 is 22.9 Å². The first-order chi connectivity index (χ1) is 18.8. The summed E-state index contributed by atoms with van der Waals surface area (Å²) in [4.78, 5) is 31.5. The highest BCUT2D eigenvalue weighted by atomic mass is 35.5. The van der Waals surface area contributed by atoms with Gasteiger partial charge in [0.1, 0.15) is 0 Å². The third-order valence-corrected chi connectivity index (χ3v) is 6.61. The summed E-state index contributed by atoms with van der Waals surface area (Å²) in [5.74, 6) is -1.14. The number of amides is 2. The van der Waals surface area contributed by atoms with E-state index in [9.17, 15) is 18.4 Å². The molecule has 10 nitrogen and oxygen atoms in total. The molecule has 2 aromatic carbocycles. The Morgan fingerprint density at radius 3 is 2.32 bits per heavy atom. The van der Waals surface area contributed by atoms with E-state index in [0.29, 0.717) is 37.4 Å². The van der Waals surface area contributed by atoms with Crippen LogP contribution in [0.2, 0.25) is 0 Å². The lowest BCUT2D eigenvalue weighted by atomic mass is 10.1. The molecule has 0 aliphatic carbocycles. The summed E-state index contributed by atoms with van der Waals surface area (Å²) in [7, 11) is 1.73. The largest absolute Gasteiger partial charge is 0.333 e. The van der Waals surface area contributed by atoms with E-state index >= 15 is 0 Å². The Hall–Kier alpha value is -3.16. The number of anilines is 1. The van der Waals surface area contributed by atoms with Crippen molar-refractivity contribution in [1.82, 2.24) is 30.8 Å². The number of nitrogens with zero attached hydrogens (tertiary/aromatic N) is 5. The van der Waals surface area contributed by atoms with Crippen LogP contribution in [-0.2, 0) is 22.7 Å². The second-order valence-corrected chi connectivity index (χ2v) is 9.27. The molecule has 2 heterocycles. The highest BCUT2D eigenvalue weighted by molar-refractivity contribution is 5.96. The number of hydrazine groups is 1. The number of carbonyl (C=O) groups is 2. The number of rotatable bonds is 12. The first-order valence-corrected chi connectivity index (χ1v) is 12.8. The molecule has 1 aromatic heterocycles. The minimum atomic E-state index is -2.87. The molecule has 0 saturated carbocycles. The van der Waals surface area contributed by atoms with Gasteiger partial charge in [0.2, 0.25) is 11.7 Å². The molecule has 0 bridgehead atoms. The van der Waals surface area contributed by atoms with Crippen LogP contribution in [0.4, 0.5) is 14.5 Å². The fourth-order valence-corrected chi connectivity index (χ4v) is 4.40. The summed E-state index contributed by atoms with van der Waals surface area (Å²) in [5.41, 5.74) is 4.24. The van der Waals surface area contributed by atoms with E-state index in [0.717, 1.165) is 12.1 Å². The lowest BCUT2D eigenvalue weighted by molar-refractivity contribution is -0.145. The van der Waals surface area contributed by atoms with E-state index < -0.39 is 12.3 Å². The number of alkyl halides is 2. The molecule has 0 fully saturated rings. The quantitative estimate of drug-likeness (QED) is 0.298. The van der Waals surface area contributed by atoms with Crippen molar-refractivity contribution in [3.05, 3.63) is 65.0 Å². The van der Waals surface area contributed by atoms with Crippen LogP contribution in [0.5, 0.6) is 0 Å². The lowest BCUT2D eigenvalue weighted by Crippen LogP contribution is -2.47. The minimum absolute atomic E-state index is 0. The second-order valence-electron chi connectivity index (χ2n) is 9.27. The van der Waals surface area contributed by atoms with Gasteiger partial charge < -0.3 is 14.7 Å². The van der Waals surface area contributed by atoms with E-state index in [2.05, 4.69) is 37.4 Å². The highest BCUT2D eigenvalue weighted by Gasteiger charge is 2.25. The van der Waals surface area contributed by atoms with Gasteiger partial charge in [-0.05, 0) is 36.2 Å². The van der Waals surface area contributed by atoms with Crippen LogP contribution in [0.1, 0.15) is 35.9 Å². The smallest absolute Gasteiger partial charge is 0.315 e. The molecule has 1 aliphatic heterocycles. The van der Waals surface area contributed by atoms with Crippen molar-refractivity contribution in [3.63, 3.8) is 0 Å². The van der Waals surface area contributed by atoms with Crippen molar-refractivity contribution in [2.24, 2.45) is 0 Å². The zero-order chi connectivity index (χ0) is 27.9. The molecule has 0 spiro atoms. The fourth-order valence-electron chi connectivity index (χ4n) is 4.40. The summed E-state index contributed by atoms with van der Waals surface area (Å²) in [6.07, 6.45) is -2.87. The maximum atomic E-state index is 13.3. The Balaban J connectivity index is 0.00000294. The van der Waals surface area contributed by atoms with Crippen molar-refractivity contribution in [1.29, 1.82) is 0 Å². The number of nitrogens with one attached hydrogen (secondary N) is 2. The molecule has 2 amide bonds. The first kappa shape index (κ1) is 34.0. The van der Waals surface area contributed by atoms with Crippen LogP contribution in [-0.4, -0.2) is 71.7 Å². The molecule has 0 saturated heterocycles. The van der Waals surface area contributed by atoms with Crippen molar-refractivity contribution >= 4 is 42.3 Å². The summed E-state index contributed by atoms with van der Waals surface area (Å²) in [6, 6.07) is 13.2. The molecule has 4 rings (SSSR count). The van der Waals surface area contributed by atoms with Gasteiger partial charge in [-0.3, -0.25) is 19.9 Å². The molecular formula is C27H35Cl2F2N7O3. The van der Waals surface area contributed by atoms with Gasteiger partial charge in [-0.25, -0.2) is 5.01 Å². The summed E-state index contributed by atoms with van der Waals surface area (Å²) >= 11 is 0. The summed E-state index contributed by atoms with van der Waals surface area (Å²) in [5, 5.41) is 13.4.